The Balaban J connectivity index is 1.62. The van der Waals surface area contributed by atoms with Crippen molar-refractivity contribution < 1.29 is 4.79 Å². The molecule has 6 nitrogen and oxygen atoms in total. The molecule has 140 valence electrons. The molecule has 1 atom stereocenters. The van der Waals surface area contributed by atoms with E-state index in [-0.39, 0.29) is 11.2 Å². The number of amides is 1. The quantitative estimate of drug-likeness (QED) is 0.488. The lowest BCUT2D eigenvalue weighted by molar-refractivity contribution is -0.120. The van der Waals surface area contributed by atoms with E-state index >= 15 is 0 Å². The van der Waals surface area contributed by atoms with Crippen LogP contribution in [0.15, 0.2) is 53.7 Å². The van der Waals surface area contributed by atoms with Crippen molar-refractivity contribution in [1.29, 1.82) is 0 Å². The van der Waals surface area contributed by atoms with Crippen LogP contribution in [0.4, 0.5) is 0 Å². The van der Waals surface area contributed by atoms with Crippen LogP contribution >= 0.6 is 23.4 Å². The van der Waals surface area contributed by atoms with E-state index in [4.69, 9.17) is 17.4 Å². The number of hydrogen-bond acceptors (Lipinski definition) is 5. The van der Waals surface area contributed by atoms with Crippen molar-refractivity contribution in [1.82, 2.24) is 20.2 Å². The Hall–Kier alpha value is -2.51. The second-order valence-corrected chi connectivity index (χ2v) is 7.89. The summed E-state index contributed by atoms with van der Waals surface area (Å²) < 4.78 is 1.38. The average Bonchev–Trinajstić information content (AvgIpc) is 3.01. The number of halogens is 1. The Kier molecular flexibility index (Phi) is 6.03. The number of nitrogens with one attached hydrogen (secondary N) is 1. The van der Waals surface area contributed by atoms with Gasteiger partial charge in [-0.25, -0.2) is 4.68 Å². The summed E-state index contributed by atoms with van der Waals surface area (Å²) in [5.74, 6) is 6.51. The van der Waals surface area contributed by atoms with Gasteiger partial charge in [0, 0.05) is 17.1 Å². The Morgan fingerprint density at radius 3 is 2.70 bits per heavy atom. The molecule has 0 fully saturated rings. The zero-order valence-electron chi connectivity index (χ0n) is 15.0. The van der Waals surface area contributed by atoms with Gasteiger partial charge in [-0.15, -0.1) is 10.2 Å². The first kappa shape index (κ1) is 19.3. The first-order valence-electron chi connectivity index (χ1n) is 8.40. The normalized spacial score (nSPS) is 12.0. The highest BCUT2D eigenvalue weighted by atomic mass is 35.5. The third-order valence-corrected chi connectivity index (χ3v) is 5.28. The summed E-state index contributed by atoms with van der Waals surface area (Å²) in [6.45, 7) is 4.32. The van der Waals surface area contributed by atoms with E-state index in [0.717, 1.165) is 11.1 Å². The second kappa shape index (κ2) is 8.45. The van der Waals surface area contributed by atoms with Gasteiger partial charge in [0.05, 0.1) is 5.25 Å². The molecule has 1 amide bonds. The number of nitrogens with two attached hydrogens (primary N) is 1. The third-order valence-electron chi connectivity index (χ3n) is 3.99. The SMILES string of the molecule is Cc1ccc(CNC(=O)[C@@H](C)Sc2nnc(-c3cccc(Cl)c3)n2N)cc1. The minimum absolute atomic E-state index is 0.0899. The van der Waals surface area contributed by atoms with Gasteiger partial charge in [-0.1, -0.05) is 65.3 Å². The van der Waals surface area contributed by atoms with Gasteiger partial charge in [0.2, 0.25) is 11.1 Å². The first-order chi connectivity index (χ1) is 12.9. The monoisotopic (exact) mass is 401 g/mol. The summed E-state index contributed by atoms with van der Waals surface area (Å²) in [6.07, 6.45) is 0. The van der Waals surface area contributed by atoms with Crippen LogP contribution in [0.3, 0.4) is 0 Å². The Morgan fingerprint density at radius 1 is 1.26 bits per heavy atom. The number of rotatable bonds is 6. The van der Waals surface area contributed by atoms with E-state index < -0.39 is 0 Å². The Labute approximate surface area is 167 Å². The first-order valence-corrected chi connectivity index (χ1v) is 9.66. The summed E-state index contributed by atoms with van der Waals surface area (Å²) in [5.41, 5.74) is 3.00. The van der Waals surface area contributed by atoms with Gasteiger partial charge < -0.3 is 11.2 Å². The molecule has 0 unspecified atom stereocenters. The summed E-state index contributed by atoms with van der Waals surface area (Å²) in [7, 11) is 0. The molecule has 0 radical (unpaired) electrons. The fourth-order valence-corrected chi connectivity index (χ4v) is 3.42. The average molecular weight is 402 g/mol. The van der Waals surface area contributed by atoms with Crippen LogP contribution in [0.25, 0.3) is 11.4 Å². The molecule has 0 bridgehead atoms. The molecule has 1 heterocycles. The maximum absolute atomic E-state index is 12.4. The Morgan fingerprint density at radius 2 is 2.00 bits per heavy atom. The molecule has 0 spiro atoms. The maximum atomic E-state index is 12.4. The lowest BCUT2D eigenvalue weighted by Crippen LogP contribution is -2.30. The topological polar surface area (TPSA) is 85.8 Å². The van der Waals surface area contributed by atoms with Crippen molar-refractivity contribution in [2.24, 2.45) is 0 Å². The van der Waals surface area contributed by atoms with E-state index in [2.05, 4.69) is 15.5 Å². The van der Waals surface area contributed by atoms with E-state index in [1.165, 1.54) is 22.0 Å². The van der Waals surface area contributed by atoms with Crippen molar-refractivity contribution in [3.05, 3.63) is 64.7 Å². The minimum atomic E-state index is -0.367. The van der Waals surface area contributed by atoms with E-state index in [1.54, 1.807) is 12.1 Å². The highest BCUT2D eigenvalue weighted by Crippen LogP contribution is 2.26. The molecule has 1 aromatic heterocycles. The van der Waals surface area contributed by atoms with E-state index in [9.17, 15) is 4.79 Å². The highest BCUT2D eigenvalue weighted by Gasteiger charge is 2.19. The molecule has 0 aliphatic heterocycles. The van der Waals surface area contributed by atoms with Gasteiger partial charge >= 0.3 is 0 Å². The zero-order valence-corrected chi connectivity index (χ0v) is 16.6. The molecule has 0 saturated heterocycles. The predicted octanol–water partition coefficient (Wildman–Crippen LogP) is 3.42. The van der Waals surface area contributed by atoms with E-state index in [0.29, 0.717) is 22.5 Å². The number of nitrogens with zero attached hydrogens (tertiary/aromatic N) is 3. The van der Waals surface area contributed by atoms with Crippen molar-refractivity contribution in [2.45, 2.75) is 30.8 Å². The van der Waals surface area contributed by atoms with Crippen molar-refractivity contribution >= 4 is 29.3 Å². The van der Waals surface area contributed by atoms with Gasteiger partial charge in [-0.3, -0.25) is 4.79 Å². The number of aromatic nitrogens is 3. The zero-order chi connectivity index (χ0) is 19.4. The summed E-state index contributed by atoms with van der Waals surface area (Å²) >= 11 is 7.27. The minimum Gasteiger partial charge on any atom is -0.351 e. The standard InChI is InChI=1S/C19H20ClN5OS/c1-12-6-8-14(9-7-12)11-22-18(26)13(2)27-19-24-23-17(25(19)21)15-4-3-5-16(20)10-15/h3-10,13H,11,21H2,1-2H3,(H,22,26)/t13-/m1/s1. The molecule has 0 saturated carbocycles. The van der Waals surface area contributed by atoms with Crippen LogP contribution in [-0.4, -0.2) is 26.0 Å². The largest absolute Gasteiger partial charge is 0.351 e. The van der Waals surface area contributed by atoms with Crippen LogP contribution in [0.2, 0.25) is 5.02 Å². The number of carbonyl (C=O) groups excluding carboxylic acids is 1. The molecule has 3 rings (SSSR count). The van der Waals surface area contributed by atoms with Crippen LogP contribution < -0.4 is 11.2 Å². The van der Waals surface area contributed by atoms with Crippen molar-refractivity contribution in [2.75, 3.05) is 5.84 Å². The molecule has 3 N–H and O–H groups in total. The summed E-state index contributed by atoms with van der Waals surface area (Å²) in [4.78, 5) is 12.4. The molecule has 0 aliphatic carbocycles. The highest BCUT2D eigenvalue weighted by molar-refractivity contribution is 8.00. The van der Waals surface area contributed by atoms with Crippen LogP contribution in [0, 0.1) is 6.92 Å². The molecule has 2 aromatic carbocycles. The number of carbonyl (C=O) groups is 1. The van der Waals surface area contributed by atoms with Gasteiger partial charge in [-0.05, 0) is 31.5 Å². The number of thioether (sulfide) groups is 1. The van der Waals surface area contributed by atoms with Crippen molar-refractivity contribution in [3.63, 3.8) is 0 Å². The molecule has 0 aliphatic rings. The molecule has 8 heteroatoms. The summed E-state index contributed by atoms with van der Waals surface area (Å²) in [5, 5.41) is 11.8. The molecule has 27 heavy (non-hydrogen) atoms. The van der Waals surface area contributed by atoms with Crippen LogP contribution in [0.5, 0.6) is 0 Å². The number of benzene rings is 2. The smallest absolute Gasteiger partial charge is 0.233 e. The van der Waals surface area contributed by atoms with Crippen molar-refractivity contribution in [3.8, 4) is 11.4 Å². The van der Waals surface area contributed by atoms with Crippen LogP contribution in [-0.2, 0) is 11.3 Å². The predicted molar refractivity (Wildman–Crippen MR) is 109 cm³/mol. The second-order valence-electron chi connectivity index (χ2n) is 6.15. The number of hydrogen-bond donors (Lipinski definition) is 2. The lowest BCUT2D eigenvalue weighted by atomic mass is 10.1. The molecular weight excluding hydrogens is 382 g/mol. The molecular formula is C19H20ClN5OS. The molecule has 3 aromatic rings. The Bertz CT molecular complexity index is 942. The van der Waals surface area contributed by atoms with E-state index in [1.807, 2.05) is 50.2 Å². The van der Waals surface area contributed by atoms with Gasteiger partial charge in [0.1, 0.15) is 0 Å². The summed E-state index contributed by atoms with van der Waals surface area (Å²) in [6, 6.07) is 15.3. The van der Waals surface area contributed by atoms with Gasteiger partial charge in [0.25, 0.3) is 0 Å². The lowest BCUT2D eigenvalue weighted by Gasteiger charge is -2.12. The van der Waals surface area contributed by atoms with Crippen LogP contribution in [0.1, 0.15) is 18.1 Å². The fraction of sp³-hybridized carbons (Fsp3) is 0.211. The van der Waals surface area contributed by atoms with Gasteiger partial charge in [-0.2, -0.15) is 0 Å². The maximum Gasteiger partial charge on any atom is 0.233 e. The number of aryl methyl sites for hydroxylation is 1. The number of nitrogen functional groups attached to an aromatic ring is 1. The van der Waals surface area contributed by atoms with Gasteiger partial charge in [0.15, 0.2) is 5.82 Å². The third kappa shape index (κ3) is 4.81. The fourth-order valence-electron chi connectivity index (χ4n) is 2.43.